The molecule has 1 saturated carbocycles. The van der Waals surface area contributed by atoms with Crippen molar-refractivity contribution in [1.29, 1.82) is 0 Å². The molecule has 1 rings (SSSR count). The Bertz CT molecular complexity index is 269. The van der Waals surface area contributed by atoms with E-state index in [-0.39, 0.29) is 18.3 Å². The smallest absolute Gasteiger partial charge is 0.310 e. The van der Waals surface area contributed by atoms with Gasteiger partial charge in [0.2, 0.25) is 0 Å². The van der Waals surface area contributed by atoms with Crippen molar-refractivity contribution < 1.29 is 13.9 Å². The summed E-state index contributed by atoms with van der Waals surface area (Å²) in [6.45, 7) is 0. The zero-order valence-electron chi connectivity index (χ0n) is 7.93. The molecule has 78 valence electrons. The number of halogens is 2. The van der Waals surface area contributed by atoms with Gasteiger partial charge in [0.05, 0.1) is 13.0 Å². The molecule has 1 fully saturated rings. The second kappa shape index (κ2) is 5.35. The number of carbonyl (C=O) groups excluding carboxylic acids is 1. The summed E-state index contributed by atoms with van der Waals surface area (Å²) in [6, 6.07) is 0. The van der Waals surface area contributed by atoms with Crippen LogP contribution in [-0.4, -0.2) is 19.3 Å². The molecule has 3 atom stereocenters. The van der Waals surface area contributed by atoms with Crippen LogP contribution >= 0.6 is 15.9 Å². The van der Waals surface area contributed by atoms with Gasteiger partial charge in [0.25, 0.3) is 0 Å². The molecule has 1 aliphatic carbocycles. The van der Waals surface area contributed by atoms with Gasteiger partial charge in [-0.15, -0.1) is 0 Å². The van der Waals surface area contributed by atoms with Crippen molar-refractivity contribution in [3.8, 4) is 10.8 Å². The largest absolute Gasteiger partial charge is 0.469 e. The fraction of sp³-hybridized carbons (Fsp3) is 0.700. The molecule has 0 aromatic rings. The summed E-state index contributed by atoms with van der Waals surface area (Å²) in [5.74, 6) is 2.03. The van der Waals surface area contributed by atoms with Gasteiger partial charge in [0.15, 0.2) is 0 Å². The lowest BCUT2D eigenvalue weighted by molar-refractivity contribution is -0.148. The van der Waals surface area contributed by atoms with Crippen LogP contribution in [0.3, 0.4) is 0 Å². The first-order chi connectivity index (χ1) is 6.69. The number of esters is 1. The van der Waals surface area contributed by atoms with Crippen molar-refractivity contribution in [2.45, 2.75) is 25.4 Å². The summed E-state index contributed by atoms with van der Waals surface area (Å²) in [5.41, 5.74) is 0. The molecule has 0 aromatic carbocycles. The fourth-order valence-electron chi connectivity index (χ4n) is 1.77. The molecular weight excluding hydrogens is 251 g/mol. The molecular formula is C10H12BrFO2. The van der Waals surface area contributed by atoms with Crippen molar-refractivity contribution in [2.24, 2.45) is 11.8 Å². The van der Waals surface area contributed by atoms with E-state index in [1.54, 1.807) is 0 Å². The second-order valence-electron chi connectivity index (χ2n) is 3.39. The van der Waals surface area contributed by atoms with Crippen LogP contribution in [0.25, 0.3) is 0 Å². The topological polar surface area (TPSA) is 26.3 Å². The van der Waals surface area contributed by atoms with E-state index in [1.165, 1.54) is 7.11 Å². The van der Waals surface area contributed by atoms with Crippen LogP contribution in [0.1, 0.15) is 19.3 Å². The molecule has 0 saturated heterocycles. The van der Waals surface area contributed by atoms with Crippen LogP contribution in [0.15, 0.2) is 0 Å². The van der Waals surface area contributed by atoms with Crippen molar-refractivity contribution >= 4 is 21.9 Å². The van der Waals surface area contributed by atoms with Gasteiger partial charge in [0.1, 0.15) is 6.17 Å². The standard InChI is InChI=1S/C10H12BrFO2/c1-14-10(13)9-6-8(12)3-2-7(9)4-5-11/h7-9H,2-3,6H2,1H3/t7-,8-,9+/m0/s1. The van der Waals surface area contributed by atoms with E-state index < -0.39 is 12.1 Å². The molecule has 4 heteroatoms. The quantitative estimate of drug-likeness (QED) is 0.536. The second-order valence-corrected chi connectivity index (χ2v) is 3.78. The predicted octanol–water partition coefficient (Wildman–Crippen LogP) is 2.27. The van der Waals surface area contributed by atoms with E-state index in [0.29, 0.717) is 12.8 Å². The Labute approximate surface area is 91.3 Å². The maximum Gasteiger partial charge on any atom is 0.310 e. The minimum absolute atomic E-state index is 0.0752. The highest BCUT2D eigenvalue weighted by atomic mass is 79.9. The Morgan fingerprint density at radius 3 is 2.86 bits per heavy atom. The normalized spacial score (nSPS) is 31.5. The van der Waals surface area contributed by atoms with E-state index in [2.05, 4.69) is 31.4 Å². The summed E-state index contributed by atoms with van der Waals surface area (Å²) in [7, 11) is 1.32. The summed E-state index contributed by atoms with van der Waals surface area (Å²) in [4.78, 5) is 13.9. The highest BCUT2D eigenvalue weighted by Gasteiger charge is 2.35. The van der Waals surface area contributed by atoms with Gasteiger partial charge in [0, 0.05) is 21.8 Å². The van der Waals surface area contributed by atoms with Crippen molar-refractivity contribution in [3.63, 3.8) is 0 Å². The molecule has 2 nitrogen and oxygen atoms in total. The number of carbonyl (C=O) groups is 1. The number of methoxy groups -OCH3 is 1. The third-order valence-electron chi connectivity index (χ3n) is 2.53. The van der Waals surface area contributed by atoms with Gasteiger partial charge in [-0.1, -0.05) is 5.92 Å². The van der Waals surface area contributed by atoms with E-state index in [1.807, 2.05) is 0 Å². The number of hydrogen-bond donors (Lipinski definition) is 0. The highest BCUT2D eigenvalue weighted by molar-refractivity contribution is 9.12. The number of ether oxygens (including phenoxy) is 1. The summed E-state index contributed by atoms with van der Waals surface area (Å²) in [5, 5.41) is 0. The average molecular weight is 263 g/mol. The van der Waals surface area contributed by atoms with E-state index >= 15 is 0 Å². The molecule has 0 N–H and O–H groups in total. The first kappa shape index (κ1) is 11.5. The molecule has 0 spiro atoms. The first-order valence-electron chi connectivity index (χ1n) is 4.52. The molecule has 0 aromatic heterocycles. The van der Waals surface area contributed by atoms with Crippen LogP contribution < -0.4 is 0 Å². The van der Waals surface area contributed by atoms with E-state index in [9.17, 15) is 9.18 Å². The fourth-order valence-corrected chi connectivity index (χ4v) is 2.07. The molecule has 14 heavy (non-hydrogen) atoms. The van der Waals surface area contributed by atoms with Crippen LogP contribution in [0, 0.1) is 22.6 Å². The van der Waals surface area contributed by atoms with Crippen LogP contribution in [0.4, 0.5) is 4.39 Å². The number of alkyl halides is 1. The van der Waals surface area contributed by atoms with E-state index in [0.717, 1.165) is 0 Å². The SMILES string of the molecule is COC(=O)[C@@H]1C[C@@H](F)CC[C@H]1C#CBr. The Morgan fingerprint density at radius 1 is 1.57 bits per heavy atom. The predicted molar refractivity (Wildman–Crippen MR) is 54.4 cm³/mol. The molecule has 0 amide bonds. The Kier molecular flexibility index (Phi) is 4.40. The summed E-state index contributed by atoms with van der Waals surface area (Å²) in [6.07, 6.45) is 0.450. The van der Waals surface area contributed by atoms with Crippen LogP contribution in [0.2, 0.25) is 0 Å². The highest BCUT2D eigenvalue weighted by Crippen LogP contribution is 2.32. The molecule has 1 aliphatic rings. The summed E-state index contributed by atoms with van der Waals surface area (Å²) < 4.78 is 17.7. The van der Waals surface area contributed by atoms with Gasteiger partial charge in [-0.05, 0) is 24.1 Å². The molecule has 0 radical (unpaired) electrons. The first-order valence-corrected chi connectivity index (χ1v) is 5.31. The van der Waals surface area contributed by atoms with Crippen LogP contribution in [0.5, 0.6) is 0 Å². The van der Waals surface area contributed by atoms with Crippen molar-refractivity contribution in [1.82, 2.24) is 0 Å². The third kappa shape index (κ3) is 2.71. The van der Waals surface area contributed by atoms with Crippen molar-refractivity contribution in [2.75, 3.05) is 7.11 Å². The Hall–Kier alpha value is -0.560. The maximum absolute atomic E-state index is 13.1. The zero-order valence-corrected chi connectivity index (χ0v) is 9.51. The third-order valence-corrected chi connectivity index (χ3v) is 2.76. The molecule has 0 unspecified atom stereocenters. The lowest BCUT2D eigenvalue weighted by atomic mass is 9.79. The van der Waals surface area contributed by atoms with Gasteiger partial charge in [-0.3, -0.25) is 4.79 Å². The number of hydrogen-bond acceptors (Lipinski definition) is 2. The minimum atomic E-state index is -0.896. The lowest BCUT2D eigenvalue weighted by Gasteiger charge is -2.27. The van der Waals surface area contributed by atoms with E-state index in [4.69, 9.17) is 0 Å². The molecule has 0 heterocycles. The minimum Gasteiger partial charge on any atom is -0.469 e. The molecule has 0 aliphatic heterocycles. The maximum atomic E-state index is 13.1. The monoisotopic (exact) mass is 262 g/mol. The Balaban J connectivity index is 2.71. The van der Waals surface area contributed by atoms with Gasteiger partial charge >= 0.3 is 5.97 Å². The average Bonchev–Trinajstić information content (AvgIpc) is 2.20. The zero-order chi connectivity index (χ0) is 10.6. The van der Waals surface area contributed by atoms with Crippen LogP contribution in [-0.2, 0) is 9.53 Å². The van der Waals surface area contributed by atoms with Gasteiger partial charge < -0.3 is 4.74 Å². The summed E-state index contributed by atoms with van der Waals surface area (Å²) >= 11 is 2.99. The molecule has 0 bridgehead atoms. The van der Waals surface area contributed by atoms with Gasteiger partial charge in [-0.25, -0.2) is 4.39 Å². The van der Waals surface area contributed by atoms with Crippen molar-refractivity contribution in [3.05, 3.63) is 0 Å². The van der Waals surface area contributed by atoms with Gasteiger partial charge in [-0.2, -0.15) is 0 Å². The number of rotatable bonds is 1. The Morgan fingerprint density at radius 2 is 2.29 bits per heavy atom. The lowest BCUT2D eigenvalue weighted by Crippen LogP contribution is -2.31.